The third kappa shape index (κ3) is 2.24. The van der Waals surface area contributed by atoms with Gasteiger partial charge in [-0.25, -0.2) is 9.38 Å². The summed E-state index contributed by atoms with van der Waals surface area (Å²) in [6.07, 6.45) is 0. The minimum Gasteiger partial charge on any atom is -0.309 e. The van der Waals surface area contributed by atoms with Crippen LogP contribution in [0.15, 0.2) is 95.8 Å². The van der Waals surface area contributed by atoms with Gasteiger partial charge in [-0.15, -0.1) is 0 Å². The molecule has 0 fully saturated rings. The zero-order chi connectivity index (χ0) is 20.5. The molecule has 7 rings (SSSR count). The van der Waals surface area contributed by atoms with E-state index in [1.54, 1.807) is 15.7 Å². The van der Waals surface area contributed by atoms with Crippen molar-refractivity contribution in [3.63, 3.8) is 0 Å². The number of rotatable bonds is 1. The van der Waals surface area contributed by atoms with Gasteiger partial charge in [0.05, 0.1) is 27.5 Å². The van der Waals surface area contributed by atoms with Gasteiger partial charge in [-0.1, -0.05) is 59.9 Å². The van der Waals surface area contributed by atoms with Crippen LogP contribution in [0.25, 0.3) is 53.6 Å². The summed E-state index contributed by atoms with van der Waals surface area (Å²) in [6.45, 7) is 0. The molecule has 31 heavy (non-hydrogen) atoms. The van der Waals surface area contributed by atoms with E-state index in [4.69, 9.17) is 4.98 Å². The number of hydrogen-bond acceptors (Lipinski definition) is 3. The minimum atomic E-state index is -0.0239. The highest BCUT2D eigenvalue weighted by Crippen LogP contribution is 2.35. The average molecular weight is 417 g/mol. The molecule has 3 heterocycles. The Labute approximate surface area is 180 Å². The molecule has 0 amide bonds. The van der Waals surface area contributed by atoms with Crippen molar-refractivity contribution in [2.75, 3.05) is 0 Å². The first-order valence-corrected chi connectivity index (χ1v) is 10.9. The Balaban J connectivity index is 1.70. The molecule has 0 saturated heterocycles. The Bertz CT molecular complexity index is 1860. The lowest BCUT2D eigenvalue weighted by Gasteiger charge is -2.08. The van der Waals surface area contributed by atoms with Crippen LogP contribution in [-0.4, -0.2) is 14.0 Å². The van der Waals surface area contributed by atoms with Gasteiger partial charge in [-0.2, -0.15) is 0 Å². The lowest BCUT2D eigenvalue weighted by molar-refractivity contribution is 1.18. The molecular weight excluding hydrogens is 402 g/mol. The molecule has 0 N–H and O–H groups in total. The molecule has 0 radical (unpaired) electrons. The maximum Gasteiger partial charge on any atom is 0.266 e. The van der Waals surface area contributed by atoms with E-state index in [9.17, 15) is 4.79 Å². The fourth-order valence-electron chi connectivity index (χ4n) is 4.59. The van der Waals surface area contributed by atoms with E-state index in [0.29, 0.717) is 5.39 Å². The van der Waals surface area contributed by atoms with E-state index in [1.165, 1.54) is 5.39 Å². The maximum absolute atomic E-state index is 13.6. The number of imidazole rings is 1. The van der Waals surface area contributed by atoms with Crippen molar-refractivity contribution in [1.82, 2.24) is 14.0 Å². The summed E-state index contributed by atoms with van der Waals surface area (Å²) in [5.41, 5.74) is 4.92. The predicted molar refractivity (Wildman–Crippen MR) is 129 cm³/mol. The lowest BCUT2D eigenvalue weighted by atomic mass is 10.1. The number of fused-ring (bicyclic) bond motifs is 7. The molecule has 4 nitrogen and oxygen atoms in total. The van der Waals surface area contributed by atoms with Gasteiger partial charge >= 0.3 is 0 Å². The van der Waals surface area contributed by atoms with Crippen LogP contribution in [0.1, 0.15) is 0 Å². The predicted octanol–water partition coefficient (Wildman–Crippen LogP) is 6.16. The first-order chi connectivity index (χ1) is 15.3. The van der Waals surface area contributed by atoms with Gasteiger partial charge in [-0.3, -0.25) is 4.79 Å². The highest BCUT2D eigenvalue weighted by molar-refractivity contribution is 7.23. The fourth-order valence-corrected chi connectivity index (χ4v) is 5.64. The molecule has 0 aliphatic heterocycles. The van der Waals surface area contributed by atoms with Crippen LogP contribution in [0, 0.1) is 0 Å². The fraction of sp³-hybridized carbons (Fsp3) is 0. The van der Waals surface area contributed by atoms with E-state index in [0.717, 1.165) is 42.8 Å². The van der Waals surface area contributed by atoms with Crippen molar-refractivity contribution < 1.29 is 0 Å². The highest BCUT2D eigenvalue weighted by atomic mass is 32.1. The molecule has 0 bridgehead atoms. The Morgan fingerprint density at radius 2 is 1.42 bits per heavy atom. The Kier molecular flexibility index (Phi) is 3.27. The normalized spacial score (nSPS) is 12.0. The number of para-hydroxylation sites is 4. The first kappa shape index (κ1) is 16.8. The summed E-state index contributed by atoms with van der Waals surface area (Å²) in [7, 11) is 0. The summed E-state index contributed by atoms with van der Waals surface area (Å²) in [5, 5.41) is 3.03. The average Bonchev–Trinajstić information content (AvgIpc) is 3.34. The molecule has 4 aromatic carbocycles. The number of nitrogens with zero attached hydrogens (tertiary/aromatic N) is 3. The highest BCUT2D eigenvalue weighted by Gasteiger charge is 2.16. The van der Waals surface area contributed by atoms with Crippen molar-refractivity contribution in [2.24, 2.45) is 0 Å². The van der Waals surface area contributed by atoms with Crippen molar-refractivity contribution >= 4 is 59.2 Å². The van der Waals surface area contributed by atoms with Gasteiger partial charge in [0, 0.05) is 21.2 Å². The SMILES string of the molecule is O=c1c2cc3c(cc2sc2nc4ccccc4n12)c1ccccc1n3-c1ccccc1. The third-order valence-corrected chi connectivity index (χ3v) is 6.97. The van der Waals surface area contributed by atoms with Gasteiger partial charge < -0.3 is 4.57 Å². The number of benzene rings is 4. The van der Waals surface area contributed by atoms with Crippen LogP contribution in [0.5, 0.6) is 0 Å². The van der Waals surface area contributed by atoms with E-state index in [1.807, 2.05) is 48.5 Å². The molecule has 0 aliphatic rings. The third-order valence-electron chi connectivity index (χ3n) is 5.95. The molecule has 0 aliphatic carbocycles. The van der Waals surface area contributed by atoms with Crippen molar-refractivity contribution in [3.8, 4) is 5.69 Å². The molecule has 5 heteroatoms. The van der Waals surface area contributed by atoms with Gasteiger partial charge in [0.1, 0.15) is 0 Å². The molecule has 146 valence electrons. The Morgan fingerprint density at radius 3 is 2.29 bits per heavy atom. The molecule has 3 aromatic heterocycles. The number of aromatic nitrogens is 3. The van der Waals surface area contributed by atoms with Crippen molar-refractivity contribution in [3.05, 3.63) is 101 Å². The Hall–Kier alpha value is -3.96. The standard InChI is InChI=1S/C26H15N3OS/c30-25-19-14-23-18(15-24(19)31-26-27-20-11-5-7-13-22(20)29(25)26)17-10-4-6-12-21(17)28(23)16-8-2-1-3-9-16/h1-15H. The lowest BCUT2D eigenvalue weighted by Crippen LogP contribution is -2.11. The summed E-state index contributed by atoms with van der Waals surface area (Å²) < 4.78 is 4.94. The van der Waals surface area contributed by atoms with Crippen LogP contribution < -0.4 is 5.56 Å². The van der Waals surface area contributed by atoms with Crippen LogP contribution in [0.4, 0.5) is 0 Å². The maximum atomic E-state index is 13.6. The number of hydrogen-bond donors (Lipinski definition) is 0. The summed E-state index contributed by atoms with van der Waals surface area (Å²) in [6, 6.07) is 30.7. The smallest absolute Gasteiger partial charge is 0.266 e. The molecule has 0 spiro atoms. The van der Waals surface area contributed by atoms with Gasteiger partial charge in [0.15, 0.2) is 4.96 Å². The summed E-state index contributed by atoms with van der Waals surface area (Å²) in [5.74, 6) is 0. The zero-order valence-corrected chi connectivity index (χ0v) is 17.1. The molecule has 0 atom stereocenters. The van der Waals surface area contributed by atoms with E-state index >= 15 is 0 Å². The summed E-state index contributed by atoms with van der Waals surface area (Å²) in [4.78, 5) is 19.0. The van der Waals surface area contributed by atoms with Crippen LogP contribution in [-0.2, 0) is 0 Å². The van der Waals surface area contributed by atoms with Crippen LogP contribution in [0.2, 0.25) is 0 Å². The Morgan fingerprint density at radius 1 is 0.677 bits per heavy atom. The quantitative estimate of drug-likeness (QED) is 0.321. The molecule has 7 aromatic rings. The summed E-state index contributed by atoms with van der Waals surface area (Å²) >= 11 is 1.56. The van der Waals surface area contributed by atoms with Gasteiger partial charge in [-0.05, 0) is 42.5 Å². The largest absolute Gasteiger partial charge is 0.309 e. The van der Waals surface area contributed by atoms with E-state index in [2.05, 4.69) is 47.0 Å². The van der Waals surface area contributed by atoms with Gasteiger partial charge in [0.2, 0.25) is 0 Å². The monoisotopic (exact) mass is 417 g/mol. The van der Waals surface area contributed by atoms with E-state index in [-0.39, 0.29) is 5.56 Å². The second-order valence-corrected chi connectivity index (χ2v) is 8.69. The zero-order valence-electron chi connectivity index (χ0n) is 16.3. The second kappa shape index (κ2) is 6.03. The van der Waals surface area contributed by atoms with E-state index < -0.39 is 0 Å². The first-order valence-electron chi connectivity index (χ1n) is 10.1. The topological polar surface area (TPSA) is 39.3 Å². The van der Waals surface area contributed by atoms with Crippen LogP contribution >= 0.6 is 11.3 Å². The molecular formula is C26H15N3OS. The second-order valence-electron chi connectivity index (χ2n) is 7.68. The van der Waals surface area contributed by atoms with Crippen molar-refractivity contribution in [2.45, 2.75) is 0 Å². The minimum absolute atomic E-state index is 0.0239. The van der Waals surface area contributed by atoms with Gasteiger partial charge in [0.25, 0.3) is 5.56 Å². The molecule has 0 unspecified atom stereocenters. The molecule has 0 saturated carbocycles. The van der Waals surface area contributed by atoms with Crippen molar-refractivity contribution in [1.29, 1.82) is 0 Å². The van der Waals surface area contributed by atoms with Crippen LogP contribution in [0.3, 0.4) is 0 Å².